The maximum Gasteiger partial charge on any atom is 0.260 e. The van der Waals surface area contributed by atoms with Gasteiger partial charge < -0.3 is 14.5 Å². The molecule has 5 heteroatoms. The first-order chi connectivity index (χ1) is 13.2. The maximum absolute atomic E-state index is 12.6. The van der Waals surface area contributed by atoms with Gasteiger partial charge in [-0.15, -0.1) is 0 Å². The molecule has 1 aromatic rings. The Balaban J connectivity index is 1.84. The number of hydrogen-bond acceptors (Lipinski definition) is 3. The third-order valence-corrected chi connectivity index (χ3v) is 5.47. The molecule has 1 saturated heterocycles. The summed E-state index contributed by atoms with van der Waals surface area (Å²) in [6.07, 6.45) is 3.59. The first kappa shape index (κ1) is 22.3. The molecule has 2 amide bonds. The minimum atomic E-state index is -0.0395. The van der Waals surface area contributed by atoms with E-state index in [4.69, 9.17) is 4.74 Å². The van der Waals surface area contributed by atoms with Gasteiger partial charge in [-0.25, -0.2) is 0 Å². The molecule has 0 aromatic heterocycles. The van der Waals surface area contributed by atoms with Crippen LogP contribution in [0.4, 0.5) is 0 Å². The van der Waals surface area contributed by atoms with Crippen LogP contribution in [0.5, 0.6) is 5.75 Å². The monoisotopic (exact) mass is 388 g/mol. The first-order valence-electron chi connectivity index (χ1n) is 10.5. The van der Waals surface area contributed by atoms with Gasteiger partial charge in [-0.05, 0) is 36.3 Å². The SMILES string of the molecule is CCCCN(C)C(=O)C1CCN(C(=O)COc2ccccc2C(C)(C)C)CC1. The van der Waals surface area contributed by atoms with Crippen LogP contribution in [0.3, 0.4) is 0 Å². The minimum absolute atomic E-state index is 0.00560. The number of likely N-dealkylation sites (tertiary alicyclic amines) is 1. The summed E-state index contributed by atoms with van der Waals surface area (Å²) in [7, 11) is 1.88. The molecule has 156 valence electrons. The molecule has 1 heterocycles. The average molecular weight is 389 g/mol. The highest BCUT2D eigenvalue weighted by atomic mass is 16.5. The number of carbonyl (C=O) groups excluding carboxylic acids is 2. The van der Waals surface area contributed by atoms with Crippen molar-refractivity contribution in [3.63, 3.8) is 0 Å². The molecule has 0 atom stereocenters. The summed E-state index contributed by atoms with van der Waals surface area (Å²) >= 11 is 0. The molecular formula is C23H36N2O3. The zero-order chi connectivity index (χ0) is 20.7. The minimum Gasteiger partial charge on any atom is -0.483 e. The quantitative estimate of drug-likeness (QED) is 0.713. The molecule has 1 aliphatic heterocycles. The zero-order valence-electron chi connectivity index (χ0n) is 18.2. The molecule has 1 fully saturated rings. The second-order valence-electron chi connectivity index (χ2n) is 8.80. The average Bonchev–Trinajstić information content (AvgIpc) is 2.69. The lowest BCUT2D eigenvalue weighted by molar-refractivity contribution is -0.140. The third kappa shape index (κ3) is 5.98. The van der Waals surface area contributed by atoms with Gasteiger partial charge in [-0.3, -0.25) is 9.59 Å². The number of amides is 2. The molecule has 5 nitrogen and oxygen atoms in total. The van der Waals surface area contributed by atoms with E-state index in [0.717, 1.165) is 43.5 Å². The van der Waals surface area contributed by atoms with Gasteiger partial charge in [0.15, 0.2) is 6.61 Å². The summed E-state index contributed by atoms with van der Waals surface area (Å²) in [5.74, 6) is 1.02. The van der Waals surface area contributed by atoms with E-state index in [1.807, 2.05) is 41.1 Å². The molecule has 0 saturated carbocycles. The van der Waals surface area contributed by atoms with Gasteiger partial charge in [0.25, 0.3) is 5.91 Å². The van der Waals surface area contributed by atoms with E-state index in [1.54, 1.807) is 0 Å². The van der Waals surface area contributed by atoms with Crippen molar-refractivity contribution in [1.82, 2.24) is 9.80 Å². The second-order valence-corrected chi connectivity index (χ2v) is 8.80. The van der Waals surface area contributed by atoms with Crippen molar-refractivity contribution in [3.8, 4) is 5.75 Å². The molecule has 0 bridgehead atoms. The summed E-state index contributed by atoms with van der Waals surface area (Å²) in [6.45, 7) is 10.6. The van der Waals surface area contributed by atoms with Crippen LogP contribution in [0.25, 0.3) is 0 Å². The van der Waals surface area contributed by atoms with E-state index in [9.17, 15) is 9.59 Å². The lowest BCUT2D eigenvalue weighted by atomic mass is 9.86. The zero-order valence-corrected chi connectivity index (χ0v) is 18.2. The number of unbranched alkanes of at least 4 members (excludes halogenated alkanes) is 1. The van der Waals surface area contributed by atoms with Crippen LogP contribution in [-0.4, -0.2) is 54.9 Å². The lowest BCUT2D eigenvalue weighted by Gasteiger charge is -2.33. The van der Waals surface area contributed by atoms with Crippen LogP contribution in [0.15, 0.2) is 24.3 Å². The van der Waals surface area contributed by atoms with Crippen molar-refractivity contribution in [1.29, 1.82) is 0 Å². The van der Waals surface area contributed by atoms with Crippen molar-refractivity contribution >= 4 is 11.8 Å². The Bertz CT molecular complexity index is 658. The molecule has 1 aliphatic rings. The van der Waals surface area contributed by atoms with Crippen LogP contribution in [0.1, 0.15) is 58.9 Å². The van der Waals surface area contributed by atoms with Gasteiger partial charge in [0.05, 0.1) is 0 Å². The van der Waals surface area contributed by atoms with Crippen LogP contribution in [0.2, 0.25) is 0 Å². The molecule has 0 spiro atoms. The van der Waals surface area contributed by atoms with Crippen molar-refractivity contribution in [2.45, 2.75) is 58.8 Å². The largest absolute Gasteiger partial charge is 0.483 e. The number of para-hydroxylation sites is 1. The Morgan fingerprint density at radius 3 is 2.43 bits per heavy atom. The summed E-state index contributed by atoms with van der Waals surface area (Å²) in [6, 6.07) is 7.90. The molecule has 0 aliphatic carbocycles. The number of rotatable bonds is 7. The van der Waals surface area contributed by atoms with Gasteiger partial charge in [0.1, 0.15) is 5.75 Å². The van der Waals surface area contributed by atoms with Crippen molar-refractivity contribution in [2.24, 2.45) is 5.92 Å². The highest BCUT2D eigenvalue weighted by molar-refractivity contribution is 5.80. The molecule has 0 N–H and O–H groups in total. The van der Waals surface area contributed by atoms with Crippen molar-refractivity contribution in [2.75, 3.05) is 33.3 Å². The molecule has 0 radical (unpaired) electrons. The van der Waals surface area contributed by atoms with Gasteiger partial charge in [0.2, 0.25) is 5.91 Å². The number of piperidine rings is 1. The van der Waals surface area contributed by atoms with Crippen molar-refractivity contribution in [3.05, 3.63) is 29.8 Å². The number of benzene rings is 1. The fraction of sp³-hybridized carbons (Fsp3) is 0.652. The van der Waals surface area contributed by atoms with Crippen LogP contribution < -0.4 is 4.74 Å². The maximum atomic E-state index is 12.6. The predicted octanol–water partition coefficient (Wildman–Crippen LogP) is 3.86. The number of ether oxygens (including phenoxy) is 1. The standard InChI is InChI=1S/C23H36N2O3/c1-6-7-14-24(5)22(27)18-12-15-25(16-13-18)21(26)17-28-20-11-9-8-10-19(20)23(2,3)4/h8-11,18H,6-7,12-17H2,1-5H3. The molecule has 2 rings (SSSR count). The summed E-state index contributed by atoms with van der Waals surface area (Å²) in [4.78, 5) is 28.8. The Morgan fingerprint density at radius 2 is 1.82 bits per heavy atom. The van der Waals surface area contributed by atoms with E-state index in [-0.39, 0.29) is 29.8 Å². The van der Waals surface area contributed by atoms with E-state index < -0.39 is 0 Å². The van der Waals surface area contributed by atoms with E-state index in [0.29, 0.717) is 13.1 Å². The Kier molecular flexibility index (Phi) is 7.90. The fourth-order valence-corrected chi connectivity index (χ4v) is 3.64. The highest BCUT2D eigenvalue weighted by Crippen LogP contribution is 2.31. The van der Waals surface area contributed by atoms with E-state index in [1.165, 1.54) is 0 Å². The highest BCUT2D eigenvalue weighted by Gasteiger charge is 2.29. The van der Waals surface area contributed by atoms with Gasteiger partial charge in [-0.1, -0.05) is 52.3 Å². The molecule has 28 heavy (non-hydrogen) atoms. The van der Waals surface area contributed by atoms with Gasteiger partial charge in [0, 0.05) is 32.6 Å². The predicted molar refractivity (Wildman–Crippen MR) is 112 cm³/mol. The summed E-state index contributed by atoms with van der Waals surface area (Å²) < 4.78 is 5.87. The number of carbonyl (C=O) groups is 2. The molecular weight excluding hydrogens is 352 g/mol. The Morgan fingerprint density at radius 1 is 1.18 bits per heavy atom. The third-order valence-electron chi connectivity index (χ3n) is 5.47. The lowest BCUT2D eigenvalue weighted by Crippen LogP contribution is -2.45. The second kappa shape index (κ2) is 9.94. The Labute approximate surface area is 170 Å². The van der Waals surface area contributed by atoms with E-state index in [2.05, 4.69) is 27.7 Å². The van der Waals surface area contributed by atoms with Gasteiger partial charge in [-0.2, -0.15) is 0 Å². The smallest absolute Gasteiger partial charge is 0.260 e. The topological polar surface area (TPSA) is 49.9 Å². The van der Waals surface area contributed by atoms with Crippen LogP contribution >= 0.6 is 0 Å². The number of hydrogen-bond donors (Lipinski definition) is 0. The Hall–Kier alpha value is -2.04. The van der Waals surface area contributed by atoms with Crippen LogP contribution in [-0.2, 0) is 15.0 Å². The van der Waals surface area contributed by atoms with Crippen LogP contribution in [0, 0.1) is 5.92 Å². The number of nitrogens with zero attached hydrogens (tertiary/aromatic N) is 2. The summed E-state index contributed by atoms with van der Waals surface area (Å²) in [5, 5.41) is 0. The molecule has 0 unspecified atom stereocenters. The van der Waals surface area contributed by atoms with Gasteiger partial charge >= 0.3 is 0 Å². The van der Waals surface area contributed by atoms with E-state index >= 15 is 0 Å². The molecule has 1 aromatic carbocycles. The normalized spacial score (nSPS) is 15.4. The van der Waals surface area contributed by atoms with Crippen molar-refractivity contribution < 1.29 is 14.3 Å². The first-order valence-corrected chi connectivity index (χ1v) is 10.5. The summed E-state index contributed by atoms with van der Waals surface area (Å²) in [5.41, 5.74) is 1.06. The fourth-order valence-electron chi connectivity index (χ4n) is 3.64.